The highest BCUT2D eigenvalue weighted by atomic mass is 19.4. The molecule has 7 unspecified atom stereocenters. The first kappa shape index (κ1) is 22.9. The van der Waals surface area contributed by atoms with Gasteiger partial charge < -0.3 is 5.32 Å². The van der Waals surface area contributed by atoms with E-state index in [-0.39, 0.29) is 23.3 Å². The van der Waals surface area contributed by atoms with Crippen molar-refractivity contribution >= 4 is 11.5 Å². The van der Waals surface area contributed by atoms with Gasteiger partial charge in [-0.25, -0.2) is 0 Å². The molecule has 7 atom stereocenters. The number of rotatable bonds is 3. The van der Waals surface area contributed by atoms with Crippen LogP contribution in [0.1, 0.15) is 70.8 Å². The number of nitrogens with one attached hydrogen (secondary N) is 1. The maximum absolute atomic E-state index is 12.6. The number of halogens is 3. The predicted octanol–water partition coefficient (Wildman–Crippen LogP) is 6.41. The van der Waals surface area contributed by atoms with Crippen LogP contribution < -0.4 is 5.32 Å². The maximum Gasteiger partial charge on any atom is 0.471 e. The zero-order valence-electron chi connectivity index (χ0n) is 19.6. The van der Waals surface area contributed by atoms with Gasteiger partial charge in [0.25, 0.3) is 0 Å². The van der Waals surface area contributed by atoms with Crippen LogP contribution in [-0.2, 0) is 4.79 Å². The molecule has 3 saturated carbocycles. The molecule has 1 N–H and O–H groups in total. The van der Waals surface area contributed by atoms with Gasteiger partial charge in [-0.05, 0) is 109 Å². The second-order valence-corrected chi connectivity index (χ2v) is 11.6. The zero-order valence-corrected chi connectivity index (χ0v) is 19.6. The van der Waals surface area contributed by atoms with Crippen molar-refractivity contribution in [3.8, 4) is 0 Å². The first-order valence-electron chi connectivity index (χ1n) is 12.6. The average Bonchev–Trinajstić information content (AvgIpc) is 3.14. The smallest absolute Gasteiger partial charge is 0.348 e. The van der Waals surface area contributed by atoms with E-state index in [4.69, 9.17) is 0 Å². The van der Waals surface area contributed by atoms with Crippen molar-refractivity contribution in [1.82, 2.24) is 10.3 Å². The van der Waals surface area contributed by atoms with Crippen LogP contribution in [0.5, 0.6) is 0 Å². The highest BCUT2D eigenvalue weighted by Gasteiger charge is 2.58. The fourth-order valence-electron chi connectivity index (χ4n) is 8.41. The number of hydrogen-bond donors (Lipinski definition) is 1. The van der Waals surface area contributed by atoms with Gasteiger partial charge in [0.1, 0.15) is 0 Å². The van der Waals surface area contributed by atoms with Gasteiger partial charge in [0, 0.05) is 18.9 Å². The summed E-state index contributed by atoms with van der Waals surface area (Å²) in [5.74, 6) is 0.998. The largest absolute Gasteiger partial charge is 0.471 e. The molecule has 1 aromatic heterocycles. The summed E-state index contributed by atoms with van der Waals surface area (Å²) in [6, 6.07) is 4.22. The Morgan fingerprint density at radius 1 is 1.15 bits per heavy atom. The van der Waals surface area contributed by atoms with Gasteiger partial charge in [0.2, 0.25) is 0 Å². The highest BCUT2D eigenvalue weighted by Crippen LogP contribution is 2.67. The Morgan fingerprint density at radius 3 is 2.70 bits per heavy atom. The molecule has 0 aromatic carbocycles. The minimum absolute atomic E-state index is 0.151. The lowest BCUT2D eigenvalue weighted by Crippen LogP contribution is -2.53. The van der Waals surface area contributed by atoms with E-state index in [0.717, 1.165) is 38.0 Å². The lowest BCUT2D eigenvalue weighted by molar-refractivity contribution is -0.174. The predicted molar refractivity (Wildman–Crippen MR) is 122 cm³/mol. The number of hydrogen-bond acceptors (Lipinski definition) is 2. The molecule has 180 valence electrons. The summed E-state index contributed by atoms with van der Waals surface area (Å²) in [6.45, 7) is 5.08. The summed E-state index contributed by atoms with van der Waals surface area (Å²) < 4.78 is 37.7. The molecule has 3 nitrogen and oxygen atoms in total. The second-order valence-electron chi connectivity index (χ2n) is 11.6. The molecule has 1 heterocycles. The Hall–Kier alpha value is -1.85. The Morgan fingerprint density at radius 2 is 1.97 bits per heavy atom. The van der Waals surface area contributed by atoms with E-state index in [1.54, 1.807) is 0 Å². The van der Waals surface area contributed by atoms with Crippen LogP contribution >= 0.6 is 0 Å². The van der Waals surface area contributed by atoms with E-state index in [1.807, 2.05) is 18.5 Å². The van der Waals surface area contributed by atoms with Crippen molar-refractivity contribution in [2.45, 2.75) is 71.4 Å². The lowest BCUT2D eigenvalue weighted by Gasteiger charge is -2.61. The molecular formula is C27H35F3N2O. The Kier molecular flexibility index (Phi) is 5.64. The average molecular weight is 461 g/mol. The number of carbonyl (C=O) groups excluding carboxylic acids is 1. The Labute approximate surface area is 194 Å². The van der Waals surface area contributed by atoms with Gasteiger partial charge in [-0.3, -0.25) is 9.78 Å². The third-order valence-corrected chi connectivity index (χ3v) is 10.1. The van der Waals surface area contributed by atoms with Gasteiger partial charge in [-0.1, -0.05) is 26.0 Å². The minimum atomic E-state index is -4.79. The molecule has 1 aromatic rings. The van der Waals surface area contributed by atoms with Crippen molar-refractivity contribution in [2.75, 3.05) is 6.54 Å². The van der Waals surface area contributed by atoms with E-state index in [9.17, 15) is 18.0 Å². The van der Waals surface area contributed by atoms with Crippen LogP contribution in [0, 0.1) is 40.4 Å². The molecule has 0 bridgehead atoms. The second kappa shape index (κ2) is 8.13. The zero-order chi connectivity index (χ0) is 23.4. The van der Waals surface area contributed by atoms with E-state index in [2.05, 4.69) is 36.3 Å². The normalized spacial score (nSPS) is 40.3. The van der Waals surface area contributed by atoms with Crippen LogP contribution in [0.15, 0.2) is 30.6 Å². The fourth-order valence-corrected chi connectivity index (χ4v) is 8.41. The number of pyridine rings is 1. The summed E-state index contributed by atoms with van der Waals surface area (Å²) in [7, 11) is 0. The summed E-state index contributed by atoms with van der Waals surface area (Å²) in [6.07, 6.45) is 10.4. The quantitative estimate of drug-likeness (QED) is 0.566. The van der Waals surface area contributed by atoms with Crippen molar-refractivity contribution in [3.63, 3.8) is 0 Å². The number of carbonyl (C=O) groups is 1. The fraction of sp³-hybridized carbons (Fsp3) is 0.704. The molecule has 33 heavy (non-hydrogen) atoms. The molecule has 4 aliphatic rings. The molecule has 6 heteroatoms. The number of allylic oxidation sites excluding steroid dienone is 2. The SMILES string of the molecule is CC12CCC3C(CCC4CC(CNC(=O)C(F)(F)F)CCC43C)C1CC=C2c1cccnc1. The van der Waals surface area contributed by atoms with E-state index < -0.39 is 12.1 Å². The van der Waals surface area contributed by atoms with Crippen LogP contribution in [0.4, 0.5) is 13.2 Å². The summed E-state index contributed by atoms with van der Waals surface area (Å²) in [4.78, 5) is 15.6. The number of fused-ring (bicyclic) bond motifs is 5. The monoisotopic (exact) mass is 460 g/mol. The van der Waals surface area contributed by atoms with Crippen LogP contribution in [-0.4, -0.2) is 23.6 Å². The van der Waals surface area contributed by atoms with Crippen molar-refractivity contribution in [1.29, 1.82) is 0 Å². The van der Waals surface area contributed by atoms with E-state index in [1.165, 1.54) is 30.4 Å². The molecular weight excluding hydrogens is 425 g/mol. The molecule has 5 rings (SSSR count). The summed E-state index contributed by atoms with van der Waals surface area (Å²) >= 11 is 0. The Balaban J connectivity index is 1.27. The molecule has 0 spiro atoms. The summed E-state index contributed by atoms with van der Waals surface area (Å²) in [5.41, 5.74) is 3.23. The molecule has 0 aliphatic heterocycles. The molecule has 4 aliphatic carbocycles. The first-order chi connectivity index (χ1) is 15.6. The van der Waals surface area contributed by atoms with Gasteiger partial charge in [0.15, 0.2) is 0 Å². The van der Waals surface area contributed by atoms with Gasteiger partial charge in [-0.2, -0.15) is 13.2 Å². The van der Waals surface area contributed by atoms with Crippen molar-refractivity contribution in [3.05, 3.63) is 36.2 Å². The highest BCUT2D eigenvalue weighted by molar-refractivity contribution is 5.81. The van der Waals surface area contributed by atoms with Crippen LogP contribution in [0.25, 0.3) is 5.57 Å². The third kappa shape index (κ3) is 3.81. The topological polar surface area (TPSA) is 42.0 Å². The van der Waals surface area contributed by atoms with Crippen LogP contribution in [0.2, 0.25) is 0 Å². The van der Waals surface area contributed by atoms with Crippen molar-refractivity contribution in [2.24, 2.45) is 40.4 Å². The first-order valence-corrected chi connectivity index (χ1v) is 12.6. The van der Waals surface area contributed by atoms with Gasteiger partial charge >= 0.3 is 12.1 Å². The Bertz CT molecular complexity index is 929. The number of aromatic nitrogens is 1. The number of amides is 1. The van der Waals surface area contributed by atoms with Gasteiger partial charge in [0.05, 0.1) is 0 Å². The van der Waals surface area contributed by atoms with Crippen molar-refractivity contribution < 1.29 is 18.0 Å². The summed E-state index contributed by atoms with van der Waals surface area (Å²) in [5, 5.41) is 2.14. The molecule has 0 saturated heterocycles. The molecule has 0 radical (unpaired) electrons. The van der Waals surface area contributed by atoms with E-state index >= 15 is 0 Å². The van der Waals surface area contributed by atoms with Crippen LogP contribution in [0.3, 0.4) is 0 Å². The van der Waals surface area contributed by atoms with E-state index in [0.29, 0.717) is 17.8 Å². The standard InChI is InChI=1S/C27H35F3N2O/c1-25-11-9-17(15-32-24(33)27(28,29)30)14-19(25)5-6-20-22-8-7-21(18-4-3-13-31-16-18)26(22,2)12-10-23(20)25/h3-4,7,13,16-17,19-20,22-23H,5-6,8-12,14-15H2,1-2H3,(H,32,33). The molecule has 1 amide bonds. The van der Waals surface area contributed by atoms with Gasteiger partial charge in [-0.15, -0.1) is 0 Å². The minimum Gasteiger partial charge on any atom is -0.348 e. The lowest BCUT2D eigenvalue weighted by atomic mass is 9.44. The number of alkyl halides is 3. The maximum atomic E-state index is 12.6. The molecule has 3 fully saturated rings. The third-order valence-electron chi connectivity index (χ3n) is 10.1. The number of nitrogens with zero attached hydrogens (tertiary/aromatic N) is 1.